The van der Waals surface area contributed by atoms with Gasteiger partial charge in [-0.3, -0.25) is 4.40 Å². The molecule has 0 saturated carbocycles. The molecule has 0 aromatic carbocycles. The second-order valence-electron chi connectivity index (χ2n) is 3.04. The molecule has 0 unspecified atom stereocenters. The summed E-state index contributed by atoms with van der Waals surface area (Å²) >= 11 is 3.23. The molecule has 2 aromatic rings. The first-order valence-electron chi connectivity index (χ1n) is 4.27. The van der Waals surface area contributed by atoms with Crippen LogP contribution in [-0.4, -0.2) is 27.3 Å². The summed E-state index contributed by atoms with van der Waals surface area (Å²) in [7, 11) is 0. The lowest BCUT2D eigenvalue weighted by molar-refractivity contribution is -0.115. The minimum Gasteiger partial charge on any atom is -0.345 e. The van der Waals surface area contributed by atoms with Gasteiger partial charge in [0.05, 0.1) is 4.47 Å². The predicted octanol–water partition coefficient (Wildman–Crippen LogP) is 2.47. The molecule has 2 aromatic heterocycles. The van der Waals surface area contributed by atoms with Crippen molar-refractivity contribution in [2.45, 2.75) is 6.18 Å². The molecule has 2 heterocycles. The van der Waals surface area contributed by atoms with Crippen LogP contribution < -0.4 is 5.32 Å². The number of aromatic nitrogens is 3. The molecule has 0 fully saturated rings. The zero-order valence-electron chi connectivity index (χ0n) is 7.79. The molecule has 4 nitrogen and oxygen atoms in total. The number of nitrogens with one attached hydrogen (secondary N) is 1. The van der Waals surface area contributed by atoms with E-state index in [0.29, 0.717) is 10.1 Å². The van der Waals surface area contributed by atoms with Crippen LogP contribution in [0, 0.1) is 0 Å². The van der Waals surface area contributed by atoms with E-state index in [1.54, 1.807) is 18.3 Å². The van der Waals surface area contributed by atoms with Crippen LogP contribution in [0.4, 0.5) is 19.1 Å². The lowest BCUT2D eigenvalue weighted by Gasteiger charge is -2.07. The Hall–Kier alpha value is -1.31. The van der Waals surface area contributed by atoms with E-state index in [1.165, 1.54) is 4.40 Å². The highest BCUT2D eigenvalue weighted by Crippen LogP contribution is 2.19. The topological polar surface area (TPSA) is 42.2 Å². The van der Waals surface area contributed by atoms with Crippen molar-refractivity contribution >= 4 is 27.5 Å². The number of anilines is 1. The van der Waals surface area contributed by atoms with E-state index in [4.69, 9.17) is 0 Å². The van der Waals surface area contributed by atoms with Crippen LogP contribution in [0.25, 0.3) is 5.65 Å². The van der Waals surface area contributed by atoms with Crippen molar-refractivity contribution in [2.75, 3.05) is 11.9 Å². The van der Waals surface area contributed by atoms with Crippen LogP contribution in [0.1, 0.15) is 0 Å². The van der Waals surface area contributed by atoms with Gasteiger partial charge in [0.15, 0.2) is 5.65 Å². The maximum atomic E-state index is 12.0. The first kappa shape index (κ1) is 11.2. The van der Waals surface area contributed by atoms with Gasteiger partial charge in [0.25, 0.3) is 0 Å². The van der Waals surface area contributed by atoms with E-state index in [9.17, 15) is 13.2 Å². The van der Waals surface area contributed by atoms with E-state index in [-0.39, 0.29) is 5.95 Å². The van der Waals surface area contributed by atoms with Crippen LogP contribution >= 0.6 is 15.9 Å². The standard InChI is InChI=1S/C8H6BrF3N4/c9-5-2-1-3-16-6(5)14-15-7(16)13-4-8(10,11)12/h1-3H,4H2,(H,13,15). The summed E-state index contributed by atoms with van der Waals surface area (Å²) in [6.45, 7) is -1.14. The minimum absolute atomic E-state index is 0.0635. The number of hydrogen-bond acceptors (Lipinski definition) is 3. The molecule has 0 spiro atoms. The highest BCUT2D eigenvalue weighted by Gasteiger charge is 2.27. The van der Waals surface area contributed by atoms with Crippen molar-refractivity contribution in [3.05, 3.63) is 22.8 Å². The molecule has 16 heavy (non-hydrogen) atoms. The fourth-order valence-corrected chi connectivity index (χ4v) is 1.61. The summed E-state index contributed by atoms with van der Waals surface area (Å²) in [6.07, 6.45) is -2.70. The Morgan fingerprint density at radius 1 is 1.38 bits per heavy atom. The van der Waals surface area contributed by atoms with Crippen molar-refractivity contribution in [3.63, 3.8) is 0 Å². The molecule has 86 valence electrons. The largest absolute Gasteiger partial charge is 0.405 e. The number of rotatable bonds is 2. The van der Waals surface area contributed by atoms with E-state index < -0.39 is 12.7 Å². The predicted molar refractivity (Wildman–Crippen MR) is 55.2 cm³/mol. The molecule has 0 aliphatic rings. The van der Waals surface area contributed by atoms with Gasteiger partial charge in [-0.2, -0.15) is 13.2 Å². The third-order valence-electron chi connectivity index (χ3n) is 1.83. The van der Waals surface area contributed by atoms with E-state index in [2.05, 4.69) is 31.4 Å². The summed E-state index contributed by atoms with van der Waals surface area (Å²) < 4.78 is 38.1. The van der Waals surface area contributed by atoms with Crippen LogP contribution in [0.2, 0.25) is 0 Å². The van der Waals surface area contributed by atoms with Crippen LogP contribution in [0.3, 0.4) is 0 Å². The Balaban J connectivity index is 2.29. The molecule has 0 amide bonds. The number of fused-ring (bicyclic) bond motifs is 1. The van der Waals surface area contributed by atoms with E-state index >= 15 is 0 Å². The number of pyridine rings is 1. The second kappa shape index (κ2) is 3.93. The highest BCUT2D eigenvalue weighted by atomic mass is 79.9. The second-order valence-corrected chi connectivity index (χ2v) is 3.90. The van der Waals surface area contributed by atoms with Crippen molar-refractivity contribution < 1.29 is 13.2 Å². The Kier molecular flexibility index (Phi) is 2.75. The van der Waals surface area contributed by atoms with Crippen molar-refractivity contribution in [3.8, 4) is 0 Å². The Bertz CT molecular complexity index is 507. The Morgan fingerprint density at radius 3 is 2.81 bits per heavy atom. The minimum atomic E-state index is -4.28. The van der Waals surface area contributed by atoms with Gasteiger partial charge in [-0.05, 0) is 28.1 Å². The van der Waals surface area contributed by atoms with E-state index in [0.717, 1.165) is 0 Å². The third kappa shape index (κ3) is 2.26. The number of halogens is 4. The average Bonchev–Trinajstić information content (AvgIpc) is 2.58. The zero-order valence-corrected chi connectivity index (χ0v) is 9.38. The maximum Gasteiger partial charge on any atom is 0.405 e. The van der Waals surface area contributed by atoms with Gasteiger partial charge in [0, 0.05) is 6.20 Å². The van der Waals surface area contributed by atoms with Crippen LogP contribution in [0.15, 0.2) is 22.8 Å². The first-order valence-corrected chi connectivity index (χ1v) is 5.06. The lowest BCUT2D eigenvalue weighted by Crippen LogP contribution is -2.22. The third-order valence-corrected chi connectivity index (χ3v) is 2.45. The van der Waals surface area contributed by atoms with Gasteiger partial charge < -0.3 is 5.32 Å². The molecular formula is C8H6BrF3N4. The summed E-state index contributed by atoms with van der Waals surface area (Å²) in [5.74, 6) is 0.0635. The SMILES string of the molecule is FC(F)(F)CNc1nnc2c(Br)cccn12. The molecule has 0 aliphatic heterocycles. The summed E-state index contributed by atoms with van der Waals surface area (Å²) in [5, 5.41) is 9.56. The zero-order chi connectivity index (χ0) is 11.8. The monoisotopic (exact) mass is 294 g/mol. The number of hydrogen-bond donors (Lipinski definition) is 1. The molecule has 2 rings (SSSR count). The molecule has 0 bridgehead atoms. The molecule has 0 radical (unpaired) electrons. The maximum absolute atomic E-state index is 12.0. The fourth-order valence-electron chi connectivity index (χ4n) is 1.18. The quantitative estimate of drug-likeness (QED) is 0.925. The van der Waals surface area contributed by atoms with Crippen molar-refractivity contribution in [1.82, 2.24) is 14.6 Å². The van der Waals surface area contributed by atoms with Crippen molar-refractivity contribution in [1.29, 1.82) is 0 Å². The van der Waals surface area contributed by atoms with Gasteiger partial charge in [-0.15, -0.1) is 10.2 Å². The lowest BCUT2D eigenvalue weighted by atomic mass is 10.5. The summed E-state index contributed by atoms with van der Waals surface area (Å²) in [4.78, 5) is 0. The Morgan fingerprint density at radius 2 is 2.12 bits per heavy atom. The molecule has 0 aliphatic carbocycles. The molecule has 1 N–H and O–H groups in total. The van der Waals surface area contributed by atoms with Gasteiger partial charge in [0.2, 0.25) is 5.95 Å². The average molecular weight is 295 g/mol. The van der Waals surface area contributed by atoms with Gasteiger partial charge >= 0.3 is 6.18 Å². The van der Waals surface area contributed by atoms with Crippen LogP contribution in [0.5, 0.6) is 0 Å². The number of alkyl halides is 3. The molecule has 0 atom stereocenters. The Labute approximate surface area is 96.6 Å². The molecular weight excluding hydrogens is 289 g/mol. The summed E-state index contributed by atoms with van der Waals surface area (Å²) in [6, 6.07) is 3.41. The molecule has 8 heteroatoms. The normalized spacial score (nSPS) is 12.0. The molecule has 0 saturated heterocycles. The summed E-state index contributed by atoms with van der Waals surface area (Å²) in [5.41, 5.74) is 0.465. The van der Waals surface area contributed by atoms with Gasteiger partial charge in [-0.25, -0.2) is 0 Å². The number of nitrogens with zero attached hydrogens (tertiary/aromatic N) is 3. The first-order chi connectivity index (χ1) is 7.47. The smallest absolute Gasteiger partial charge is 0.345 e. The van der Waals surface area contributed by atoms with Crippen molar-refractivity contribution in [2.24, 2.45) is 0 Å². The fraction of sp³-hybridized carbons (Fsp3) is 0.250. The highest BCUT2D eigenvalue weighted by molar-refractivity contribution is 9.10. The van der Waals surface area contributed by atoms with Gasteiger partial charge in [0.1, 0.15) is 6.54 Å². The van der Waals surface area contributed by atoms with E-state index in [1.807, 2.05) is 0 Å². The van der Waals surface area contributed by atoms with Gasteiger partial charge in [-0.1, -0.05) is 0 Å². The van der Waals surface area contributed by atoms with Crippen LogP contribution in [-0.2, 0) is 0 Å².